The summed E-state index contributed by atoms with van der Waals surface area (Å²) in [5.41, 5.74) is 4.34. The Labute approximate surface area is 145 Å². The van der Waals surface area contributed by atoms with Gasteiger partial charge in [-0.1, -0.05) is 29.3 Å². The highest BCUT2D eigenvalue weighted by atomic mass is 35.5. The van der Waals surface area contributed by atoms with E-state index in [0.717, 1.165) is 35.6 Å². The maximum atomic E-state index is 6.30. The quantitative estimate of drug-likeness (QED) is 0.807. The highest BCUT2D eigenvalue weighted by Gasteiger charge is 2.19. The van der Waals surface area contributed by atoms with Gasteiger partial charge in [-0.3, -0.25) is 4.99 Å². The topological polar surface area (TPSA) is 30.8 Å². The molecule has 0 atom stereocenters. The maximum Gasteiger partial charge on any atom is 0.161 e. The normalized spacial score (nSPS) is 13.3. The van der Waals surface area contributed by atoms with Crippen molar-refractivity contribution in [3.63, 3.8) is 0 Å². The third-order valence-electron chi connectivity index (χ3n) is 3.98. The lowest BCUT2D eigenvalue weighted by atomic mass is 9.93. The molecule has 120 valence electrons. The van der Waals surface area contributed by atoms with Gasteiger partial charge in [-0.2, -0.15) is 0 Å². The lowest BCUT2D eigenvalue weighted by molar-refractivity contribution is 0.354. The zero-order chi connectivity index (χ0) is 16.4. The summed E-state index contributed by atoms with van der Waals surface area (Å²) in [5.74, 6) is 1.46. The highest BCUT2D eigenvalue weighted by Crippen LogP contribution is 2.33. The molecule has 0 unspecified atom stereocenters. The smallest absolute Gasteiger partial charge is 0.161 e. The molecule has 2 aromatic rings. The van der Waals surface area contributed by atoms with E-state index in [2.05, 4.69) is 4.99 Å². The Hall–Kier alpha value is -1.71. The van der Waals surface area contributed by atoms with Crippen molar-refractivity contribution in [1.82, 2.24) is 0 Å². The lowest BCUT2D eigenvalue weighted by Gasteiger charge is -2.20. The van der Waals surface area contributed by atoms with Gasteiger partial charge in [0.15, 0.2) is 11.5 Å². The Balaban J connectivity index is 1.98. The molecule has 1 aliphatic heterocycles. The third kappa shape index (κ3) is 3.31. The van der Waals surface area contributed by atoms with Crippen molar-refractivity contribution in [2.24, 2.45) is 4.99 Å². The van der Waals surface area contributed by atoms with Gasteiger partial charge in [-0.05, 0) is 41.8 Å². The third-order valence-corrected chi connectivity index (χ3v) is 4.56. The second-order valence-electron chi connectivity index (χ2n) is 5.36. The summed E-state index contributed by atoms with van der Waals surface area (Å²) in [6.07, 6.45) is 1.56. The van der Waals surface area contributed by atoms with Crippen LogP contribution in [0, 0.1) is 0 Å². The van der Waals surface area contributed by atoms with Crippen LogP contribution in [-0.2, 0) is 12.8 Å². The number of hydrogen-bond donors (Lipinski definition) is 0. The average Bonchev–Trinajstić information content (AvgIpc) is 2.56. The first-order chi connectivity index (χ1) is 11.1. The van der Waals surface area contributed by atoms with Crippen molar-refractivity contribution in [2.75, 3.05) is 20.8 Å². The number of fused-ring (bicyclic) bond motifs is 1. The largest absolute Gasteiger partial charge is 0.493 e. The van der Waals surface area contributed by atoms with E-state index in [4.69, 9.17) is 32.7 Å². The molecule has 1 aliphatic rings. The lowest BCUT2D eigenvalue weighted by Crippen LogP contribution is -2.16. The predicted octanol–water partition coefficient (Wildman–Crippen LogP) is 4.60. The van der Waals surface area contributed by atoms with Crippen molar-refractivity contribution in [3.8, 4) is 11.5 Å². The van der Waals surface area contributed by atoms with Crippen LogP contribution in [0.1, 0.15) is 16.7 Å². The number of aliphatic imine (C=N–C) groups is 1. The Morgan fingerprint density at radius 1 is 1.04 bits per heavy atom. The summed E-state index contributed by atoms with van der Waals surface area (Å²) in [6.45, 7) is 0.767. The molecule has 3 rings (SSSR count). The molecule has 0 bridgehead atoms. The first-order valence-electron chi connectivity index (χ1n) is 7.35. The van der Waals surface area contributed by atoms with Crippen LogP contribution in [-0.4, -0.2) is 26.5 Å². The summed E-state index contributed by atoms with van der Waals surface area (Å²) in [6, 6.07) is 9.59. The molecule has 3 nitrogen and oxygen atoms in total. The van der Waals surface area contributed by atoms with Crippen LogP contribution in [0.4, 0.5) is 0 Å². The van der Waals surface area contributed by atoms with Crippen molar-refractivity contribution in [1.29, 1.82) is 0 Å². The fourth-order valence-electron chi connectivity index (χ4n) is 2.79. The molecule has 0 fully saturated rings. The molecule has 2 aromatic carbocycles. The zero-order valence-corrected chi connectivity index (χ0v) is 14.5. The van der Waals surface area contributed by atoms with E-state index in [-0.39, 0.29) is 0 Å². The van der Waals surface area contributed by atoms with E-state index in [1.807, 2.05) is 24.3 Å². The van der Waals surface area contributed by atoms with Gasteiger partial charge in [0.05, 0.1) is 14.2 Å². The number of ether oxygens (including phenoxy) is 2. The molecular weight excluding hydrogens is 333 g/mol. The van der Waals surface area contributed by atoms with Gasteiger partial charge in [0.2, 0.25) is 0 Å². The first-order valence-corrected chi connectivity index (χ1v) is 8.10. The second-order valence-corrected chi connectivity index (χ2v) is 6.20. The van der Waals surface area contributed by atoms with Gasteiger partial charge in [-0.25, -0.2) is 0 Å². The zero-order valence-electron chi connectivity index (χ0n) is 13.0. The molecule has 0 amide bonds. The molecule has 1 heterocycles. The summed E-state index contributed by atoms with van der Waals surface area (Å²) in [4.78, 5) is 4.69. The van der Waals surface area contributed by atoms with Crippen LogP contribution in [0.15, 0.2) is 35.3 Å². The Morgan fingerprint density at radius 3 is 2.48 bits per heavy atom. The molecule has 0 N–H and O–H groups in total. The van der Waals surface area contributed by atoms with Gasteiger partial charge in [-0.15, -0.1) is 0 Å². The fraction of sp³-hybridized carbons (Fsp3) is 0.278. The highest BCUT2D eigenvalue weighted by molar-refractivity contribution is 6.35. The Bertz CT molecular complexity index is 772. The molecule has 0 radical (unpaired) electrons. The molecule has 0 saturated heterocycles. The molecule has 23 heavy (non-hydrogen) atoms. The van der Waals surface area contributed by atoms with Crippen LogP contribution in [0.2, 0.25) is 10.0 Å². The van der Waals surface area contributed by atoms with E-state index in [9.17, 15) is 0 Å². The summed E-state index contributed by atoms with van der Waals surface area (Å²) in [5, 5.41) is 1.30. The minimum absolute atomic E-state index is 0.635. The fourth-order valence-corrected chi connectivity index (χ4v) is 3.26. The number of nitrogens with zero attached hydrogens (tertiary/aromatic N) is 1. The first kappa shape index (κ1) is 16.2. The number of methoxy groups -OCH3 is 2. The summed E-state index contributed by atoms with van der Waals surface area (Å²) in [7, 11) is 3.29. The van der Waals surface area contributed by atoms with E-state index >= 15 is 0 Å². The minimum Gasteiger partial charge on any atom is -0.493 e. The number of hydrogen-bond acceptors (Lipinski definition) is 3. The van der Waals surface area contributed by atoms with E-state index < -0.39 is 0 Å². The van der Waals surface area contributed by atoms with Crippen molar-refractivity contribution < 1.29 is 9.47 Å². The van der Waals surface area contributed by atoms with Crippen LogP contribution in [0.3, 0.4) is 0 Å². The minimum atomic E-state index is 0.635. The average molecular weight is 350 g/mol. The van der Waals surface area contributed by atoms with Crippen molar-refractivity contribution in [3.05, 3.63) is 57.1 Å². The summed E-state index contributed by atoms with van der Waals surface area (Å²) >= 11 is 12.3. The van der Waals surface area contributed by atoms with Gasteiger partial charge in [0.1, 0.15) is 0 Å². The molecule has 0 aromatic heterocycles. The molecule has 0 spiro atoms. The van der Waals surface area contributed by atoms with Gasteiger partial charge in [0, 0.05) is 34.3 Å². The molecule has 0 aliphatic carbocycles. The number of halogens is 2. The van der Waals surface area contributed by atoms with Crippen molar-refractivity contribution in [2.45, 2.75) is 12.8 Å². The van der Waals surface area contributed by atoms with Crippen LogP contribution < -0.4 is 9.47 Å². The Kier molecular flexibility index (Phi) is 4.79. The predicted molar refractivity (Wildman–Crippen MR) is 94.8 cm³/mol. The van der Waals surface area contributed by atoms with Gasteiger partial charge in [0.25, 0.3) is 0 Å². The van der Waals surface area contributed by atoms with Gasteiger partial charge >= 0.3 is 0 Å². The SMILES string of the molecule is COc1cc2c(cc1OC)C(Cc1ccc(Cl)cc1Cl)=NCC2. The maximum absolute atomic E-state index is 6.30. The number of benzene rings is 2. The Morgan fingerprint density at radius 2 is 1.78 bits per heavy atom. The van der Waals surface area contributed by atoms with Crippen LogP contribution >= 0.6 is 23.2 Å². The van der Waals surface area contributed by atoms with Gasteiger partial charge < -0.3 is 9.47 Å². The second kappa shape index (κ2) is 6.81. The number of rotatable bonds is 4. The molecule has 5 heteroatoms. The van der Waals surface area contributed by atoms with Crippen LogP contribution in [0.25, 0.3) is 0 Å². The van der Waals surface area contributed by atoms with Crippen molar-refractivity contribution >= 4 is 28.9 Å². The van der Waals surface area contributed by atoms with E-state index in [0.29, 0.717) is 22.2 Å². The van der Waals surface area contributed by atoms with E-state index in [1.165, 1.54) is 5.56 Å². The summed E-state index contributed by atoms with van der Waals surface area (Å²) < 4.78 is 10.8. The molecule has 0 saturated carbocycles. The molecular formula is C18H17Cl2NO2. The standard InChI is InChI=1S/C18H17Cl2NO2/c1-22-17-8-11-5-6-21-16(14(11)10-18(17)23-2)7-12-3-4-13(19)9-15(12)20/h3-4,8-10H,5-7H2,1-2H3. The van der Waals surface area contributed by atoms with E-state index in [1.54, 1.807) is 20.3 Å². The monoisotopic (exact) mass is 349 g/mol. The van der Waals surface area contributed by atoms with Crippen LogP contribution in [0.5, 0.6) is 11.5 Å².